The molecule has 3 rings (SSSR count). The number of rotatable bonds is 2. The summed E-state index contributed by atoms with van der Waals surface area (Å²) in [6, 6.07) is 6.75. The van der Waals surface area contributed by atoms with Crippen molar-refractivity contribution in [1.82, 2.24) is 0 Å². The van der Waals surface area contributed by atoms with E-state index in [-0.39, 0.29) is 5.92 Å². The average Bonchev–Trinajstić information content (AvgIpc) is 2.46. The van der Waals surface area contributed by atoms with E-state index in [1.54, 1.807) is 0 Å². The lowest BCUT2D eigenvalue weighted by Crippen LogP contribution is -2.40. The molecule has 2 aliphatic rings. The van der Waals surface area contributed by atoms with E-state index in [2.05, 4.69) is 38.1 Å². The fourth-order valence-electron chi connectivity index (χ4n) is 3.98. The molecule has 21 heavy (non-hydrogen) atoms. The zero-order valence-corrected chi connectivity index (χ0v) is 13.1. The van der Waals surface area contributed by atoms with E-state index in [9.17, 15) is 9.90 Å². The third-order valence-electron chi connectivity index (χ3n) is 5.47. The molecule has 0 aromatic heterocycles. The Morgan fingerprint density at radius 1 is 1.38 bits per heavy atom. The molecule has 0 saturated carbocycles. The molecule has 112 valence electrons. The van der Waals surface area contributed by atoms with Crippen LogP contribution >= 0.6 is 0 Å². The Balaban J connectivity index is 2.04. The van der Waals surface area contributed by atoms with Gasteiger partial charge in [-0.1, -0.05) is 38.1 Å². The highest BCUT2D eigenvalue weighted by Crippen LogP contribution is 2.51. The van der Waals surface area contributed by atoms with Crippen molar-refractivity contribution < 1.29 is 9.90 Å². The minimum atomic E-state index is -0.639. The summed E-state index contributed by atoms with van der Waals surface area (Å²) in [5.41, 5.74) is 4.76. The standard InChI is InChI=1S/C19H24O2/c1-12(2)13-6-8-15-14(11-13)7-9-17-16(15)5-4-10-19(17,3)18(20)21/h5-6,8,11-12,17H,4,7,9-10H2,1-3H3,(H,20,21). The van der Waals surface area contributed by atoms with Gasteiger partial charge < -0.3 is 5.11 Å². The summed E-state index contributed by atoms with van der Waals surface area (Å²) in [5.74, 6) is 0.0687. The Kier molecular flexibility index (Phi) is 3.43. The first-order chi connectivity index (χ1) is 9.93. The minimum Gasteiger partial charge on any atom is -0.481 e. The predicted octanol–water partition coefficient (Wildman–Crippen LogP) is 4.64. The Labute approximate surface area is 126 Å². The third-order valence-corrected chi connectivity index (χ3v) is 5.47. The van der Waals surface area contributed by atoms with Gasteiger partial charge in [-0.2, -0.15) is 0 Å². The van der Waals surface area contributed by atoms with Gasteiger partial charge in [-0.3, -0.25) is 4.79 Å². The van der Waals surface area contributed by atoms with Crippen molar-refractivity contribution in [2.45, 2.75) is 52.4 Å². The number of hydrogen-bond acceptors (Lipinski definition) is 1. The maximum absolute atomic E-state index is 11.8. The minimum absolute atomic E-state index is 0.168. The molecule has 2 atom stereocenters. The number of carboxylic acid groups (broad SMARTS) is 1. The Morgan fingerprint density at radius 2 is 2.14 bits per heavy atom. The predicted molar refractivity (Wildman–Crippen MR) is 85.3 cm³/mol. The van der Waals surface area contributed by atoms with Crippen LogP contribution in [-0.2, 0) is 11.2 Å². The third kappa shape index (κ3) is 2.21. The first kappa shape index (κ1) is 14.4. The lowest BCUT2D eigenvalue weighted by Gasteiger charge is -2.42. The van der Waals surface area contributed by atoms with Crippen LogP contribution < -0.4 is 0 Å². The van der Waals surface area contributed by atoms with Crippen LogP contribution in [-0.4, -0.2) is 11.1 Å². The molecule has 0 amide bonds. The van der Waals surface area contributed by atoms with Gasteiger partial charge in [0.15, 0.2) is 0 Å². The Hall–Kier alpha value is -1.57. The van der Waals surface area contributed by atoms with Crippen LogP contribution in [0.1, 0.15) is 62.6 Å². The molecule has 2 heteroatoms. The number of aliphatic carboxylic acids is 1. The number of hydrogen-bond donors (Lipinski definition) is 1. The van der Waals surface area contributed by atoms with Crippen LogP contribution in [0, 0.1) is 11.3 Å². The van der Waals surface area contributed by atoms with E-state index < -0.39 is 11.4 Å². The number of carboxylic acids is 1. The molecule has 1 aromatic carbocycles. The van der Waals surface area contributed by atoms with Gasteiger partial charge in [0.1, 0.15) is 0 Å². The second-order valence-electron chi connectivity index (χ2n) is 7.08. The van der Waals surface area contributed by atoms with E-state index >= 15 is 0 Å². The topological polar surface area (TPSA) is 37.3 Å². The second kappa shape index (κ2) is 5.01. The highest BCUT2D eigenvalue weighted by Gasteiger charge is 2.46. The largest absolute Gasteiger partial charge is 0.481 e. The van der Waals surface area contributed by atoms with E-state index in [4.69, 9.17) is 0 Å². The summed E-state index contributed by atoms with van der Waals surface area (Å²) in [6.45, 7) is 6.37. The zero-order valence-electron chi connectivity index (χ0n) is 13.1. The number of aryl methyl sites for hydroxylation is 1. The monoisotopic (exact) mass is 284 g/mol. The summed E-state index contributed by atoms with van der Waals surface area (Å²) >= 11 is 0. The molecule has 0 aliphatic heterocycles. The van der Waals surface area contributed by atoms with Gasteiger partial charge in [-0.25, -0.2) is 0 Å². The molecule has 2 unspecified atom stereocenters. The van der Waals surface area contributed by atoms with Gasteiger partial charge in [-0.05, 0) is 60.8 Å². The van der Waals surface area contributed by atoms with Crippen molar-refractivity contribution >= 4 is 11.5 Å². The summed E-state index contributed by atoms with van der Waals surface area (Å²) in [4.78, 5) is 11.8. The fourth-order valence-corrected chi connectivity index (χ4v) is 3.98. The zero-order chi connectivity index (χ0) is 15.2. The molecule has 1 N–H and O–H groups in total. The molecule has 0 saturated heterocycles. The van der Waals surface area contributed by atoms with Crippen molar-refractivity contribution in [2.24, 2.45) is 11.3 Å². The van der Waals surface area contributed by atoms with E-state index in [0.29, 0.717) is 5.92 Å². The molecule has 0 radical (unpaired) electrons. The fraction of sp³-hybridized carbons (Fsp3) is 0.526. The maximum Gasteiger partial charge on any atom is 0.309 e. The lowest BCUT2D eigenvalue weighted by atomic mass is 9.61. The van der Waals surface area contributed by atoms with Gasteiger partial charge in [-0.15, -0.1) is 0 Å². The van der Waals surface area contributed by atoms with Crippen molar-refractivity contribution in [3.63, 3.8) is 0 Å². The lowest BCUT2D eigenvalue weighted by molar-refractivity contribution is -0.151. The summed E-state index contributed by atoms with van der Waals surface area (Å²) < 4.78 is 0. The molecular weight excluding hydrogens is 260 g/mol. The molecule has 1 aromatic rings. The quantitative estimate of drug-likeness (QED) is 0.859. The number of carbonyl (C=O) groups is 1. The van der Waals surface area contributed by atoms with Gasteiger partial charge in [0.2, 0.25) is 0 Å². The van der Waals surface area contributed by atoms with Gasteiger partial charge in [0.25, 0.3) is 0 Å². The molecular formula is C19H24O2. The Bertz CT molecular complexity index is 612. The molecule has 2 nitrogen and oxygen atoms in total. The van der Waals surface area contributed by atoms with E-state index in [1.165, 1.54) is 22.3 Å². The highest BCUT2D eigenvalue weighted by atomic mass is 16.4. The summed E-state index contributed by atoms with van der Waals surface area (Å²) in [7, 11) is 0. The van der Waals surface area contributed by atoms with Crippen molar-refractivity contribution in [3.05, 3.63) is 41.0 Å². The van der Waals surface area contributed by atoms with Crippen LogP contribution in [0.5, 0.6) is 0 Å². The normalized spacial score (nSPS) is 27.8. The average molecular weight is 284 g/mol. The SMILES string of the molecule is CC(C)c1ccc2c(c1)CCC1C2=CCCC1(C)C(=O)O. The number of allylic oxidation sites excluding steroid dienone is 2. The number of fused-ring (bicyclic) bond motifs is 3. The molecule has 0 bridgehead atoms. The molecule has 0 heterocycles. The van der Waals surface area contributed by atoms with Crippen LogP contribution in [0.4, 0.5) is 0 Å². The van der Waals surface area contributed by atoms with E-state index in [1.807, 2.05) is 6.92 Å². The van der Waals surface area contributed by atoms with Crippen LogP contribution in [0.15, 0.2) is 24.3 Å². The van der Waals surface area contributed by atoms with Gasteiger partial charge >= 0.3 is 5.97 Å². The van der Waals surface area contributed by atoms with E-state index in [0.717, 1.165) is 25.7 Å². The summed E-state index contributed by atoms with van der Waals surface area (Å²) in [5, 5.41) is 9.67. The molecule has 0 spiro atoms. The van der Waals surface area contributed by atoms with Crippen molar-refractivity contribution in [2.75, 3.05) is 0 Å². The van der Waals surface area contributed by atoms with Crippen LogP contribution in [0.2, 0.25) is 0 Å². The highest BCUT2D eigenvalue weighted by molar-refractivity contribution is 5.83. The molecule has 2 aliphatic carbocycles. The number of benzene rings is 1. The van der Waals surface area contributed by atoms with Crippen LogP contribution in [0.25, 0.3) is 5.57 Å². The smallest absolute Gasteiger partial charge is 0.309 e. The van der Waals surface area contributed by atoms with Gasteiger partial charge in [0.05, 0.1) is 5.41 Å². The second-order valence-corrected chi connectivity index (χ2v) is 7.08. The molecule has 0 fully saturated rings. The van der Waals surface area contributed by atoms with Crippen molar-refractivity contribution in [1.29, 1.82) is 0 Å². The van der Waals surface area contributed by atoms with Crippen LogP contribution in [0.3, 0.4) is 0 Å². The van der Waals surface area contributed by atoms with Gasteiger partial charge in [0, 0.05) is 5.92 Å². The summed E-state index contributed by atoms with van der Waals surface area (Å²) in [6.07, 6.45) is 5.88. The van der Waals surface area contributed by atoms with Crippen molar-refractivity contribution in [3.8, 4) is 0 Å². The first-order valence-electron chi connectivity index (χ1n) is 8.00. The first-order valence-corrected chi connectivity index (χ1v) is 8.00. The maximum atomic E-state index is 11.8. The Morgan fingerprint density at radius 3 is 2.81 bits per heavy atom.